The maximum Gasteiger partial charge on any atom is 0.355 e. The van der Waals surface area contributed by atoms with E-state index in [2.05, 4.69) is 20.7 Å². The third-order valence-electron chi connectivity index (χ3n) is 3.16. The molecule has 1 aromatic carbocycles. The van der Waals surface area contributed by atoms with Crippen molar-refractivity contribution in [3.05, 3.63) is 63.1 Å². The highest BCUT2D eigenvalue weighted by Gasteiger charge is 2.29. The molecule has 0 saturated heterocycles. The molecule has 2 rings (SSSR count). The van der Waals surface area contributed by atoms with E-state index in [0.29, 0.717) is 4.47 Å². The Morgan fingerprint density at radius 2 is 1.83 bits per heavy atom. The van der Waals surface area contributed by atoms with Gasteiger partial charge in [-0.25, -0.2) is 14.0 Å². The summed E-state index contributed by atoms with van der Waals surface area (Å²) in [4.78, 5) is 25.4. The van der Waals surface area contributed by atoms with Gasteiger partial charge in [0.2, 0.25) is 0 Å². The summed E-state index contributed by atoms with van der Waals surface area (Å²) in [5.74, 6) is -2.35. The first-order valence-electron chi connectivity index (χ1n) is 6.60. The lowest BCUT2D eigenvalue weighted by Gasteiger charge is -2.24. The van der Waals surface area contributed by atoms with Crippen LogP contribution < -0.4 is 4.90 Å². The van der Waals surface area contributed by atoms with E-state index >= 15 is 0 Å². The fourth-order valence-electron chi connectivity index (χ4n) is 2.05. The summed E-state index contributed by atoms with van der Waals surface area (Å²) in [5, 5.41) is -0.151. The van der Waals surface area contributed by atoms with Crippen LogP contribution in [0.5, 0.6) is 0 Å². The van der Waals surface area contributed by atoms with Gasteiger partial charge >= 0.3 is 11.9 Å². The van der Waals surface area contributed by atoms with E-state index in [1.54, 1.807) is 0 Å². The maximum atomic E-state index is 14.6. The van der Waals surface area contributed by atoms with Gasteiger partial charge in [0.15, 0.2) is 5.82 Å². The van der Waals surface area contributed by atoms with Gasteiger partial charge in [-0.05, 0) is 40.2 Å². The first kappa shape index (κ1) is 18.2. The minimum Gasteiger partial charge on any atom is -0.465 e. The van der Waals surface area contributed by atoms with Crippen molar-refractivity contribution in [2.75, 3.05) is 19.1 Å². The Hall–Kier alpha value is -2.12. The number of carbonyl (C=O) groups is 2. The van der Waals surface area contributed by atoms with Gasteiger partial charge < -0.3 is 14.4 Å². The monoisotopic (exact) mass is 415 g/mol. The maximum absolute atomic E-state index is 14.6. The molecular weight excluding hydrogens is 405 g/mol. The summed E-state index contributed by atoms with van der Waals surface area (Å²) in [5.41, 5.74) is -0.288. The number of halogens is 3. The lowest BCUT2D eigenvalue weighted by Crippen LogP contribution is -2.27. The smallest absolute Gasteiger partial charge is 0.355 e. The molecule has 0 N–H and O–H groups in total. The minimum absolute atomic E-state index is 0.0232. The molecule has 5 nitrogen and oxygen atoms in total. The van der Waals surface area contributed by atoms with Crippen molar-refractivity contribution in [1.29, 1.82) is 0 Å². The van der Waals surface area contributed by atoms with Crippen molar-refractivity contribution in [3.63, 3.8) is 0 Å². The Morgan fingerprint density at radius 1 is 1.17 bits per heavy atom. The van der Waals surface area contributed by atoms with Gasteiger partial charge in [-0.15, -0.1) is 0 Å². The lowest BCUT2D eigenvalue weighted by molar-refractivity contribution is -0.139. The Bertz CT molecular complexity index is 789. The quantitative estimate of drug-likeness (QED) is 0.555. The van der Waals surface area contributed by atoms with Gasteiger partial charge in [0.25, 0.3) is 0 Å². The standard InChI is InChI=1S/C16H12BrClFNO4/c1-23-15(21)9-5-3-4-8-20(14(9)16(22)24-2)11-7-6-10(17)12(18)13(11)19/h3-8H,1-2H3. The molecule has 0 bridgehead atoms. The third kappa shape index (κ3) is 3.37. The normalized spacial score (nSPS) is 13.8. The van der Waals surface area contributed by atoms with Crippen LogP contribution in [0.2, 0.25) is 5.02 Å². The molecule has 0 radical (unpaired) electrons. The van der Waals surface area contributed by atoms with E-state index in [4.69, 9.17) is 16.3 Å². The molecule has 0 aromatic heterocycles. The number of hydrogen-bond donors (Lipinski definition) is 0. The summed E-state index contributed by atoms with van der Waals surface area (Å²) in [6.45, 7) is 0. The van der Waals surface area contributed by atoms with Crippen LogP contribution in [0.1, 0.15) is 0 Å². The second-order valence-electron chi connectivity index (χ2n) is 4.51. The summed E-state index contributed by atoms with van der Waals surface area (Å²) >= 11 is 9.04. The van der Waals surface area contributed by atoms with Crippen LogP contribution >= 0.6 is 27.5 Å². The fraction of sp³-hybridized carbons (Fsp3) is 0.125. The van der Waals surface area contributed by atoms with Crippen molar-refractivity contribution in [2.24, 2.45) is 0 Å². The number of benzene rings is 1. The van der Waals surface area contributed by atoms with E-state index < -0.39 is 17.8 Å². The van der Waals surface area contributed by atoms with Gasteiger partial charge in [-0.2, -0.15) is 0 Å². The molecule has 24 heavy (non-hydrogen) atoms. The van der Waals surface area contributed by atoms with E-state index in [9.17, 15) is 14.0 Å². The molecule has 0 fully saturated rings. The van der Waals surface area contributed by atoms with Gasteiger partial charge in [-0.1, -0.05) is 17.7 Å². The average molecular weight is 417 g/mol. The fourth-order valence-corrected chi connectivity index (χ4v) is 2.52. The zero-order valence-electron chi connectivity index (χ0n) is 12.7. The van der Waals surface area contributed by atoms with E-state index in [1.165, 1.54) is 48.6 Å². The largest absolute Gasteiger partial charge is 0.465 e. The minimum atomic E-state index is -0.829. The third-order valence-corrected chi connectivity index (χ3v) is 4.42. The molecule has 0 atom stereocenters. The predicted molar refractivity (Wildman–Crippen MR) is 90.9 cm³/mol. The molecule has 126 valence electrons. The highest BCUT2D eigenvalue weighted by molar-refractivity contribution is 9.10. The number of ether oxygens (including phenoxy) is 2. The number of nitrogens with zero attached hydrogens (tertiary/aromatic N) is 1. The molecule has 1 heterocycles. The summed E-state index contributed by atoms with van der Waals surface area (Å²) in [6, 6.07) is 2.94. The number of hydrogen-bond acceptors (Lipinski definition) is 5. The van der Waals surface area contributed by atoms with Gasteiger partial charge in [0.05, 0.1) is 30.5 Å². The van der Waals surface area contributed by atoms with Crippen molar-refractivity contribution in [3.8, 4) is 0 Å². The van der Waals surface area contributed by atoms with Crippen LogP contribution in [-0.2, 0) is 19.1 Å². The lowest BCUT2D eigenvalue weighted by atomic mass is 10.1. The number of allylic oxidation sites excluding steroid dienone is 2. The molecule has 1 aliphatic heterocycles. The topological polar surface area (TPSA) is 55.8 Å². The zero-order valence-corrected chi connectivity index (χ0v) is 15.0. The first-order valence-corrected chi connectivity index (χ1v) is 7.78. The highest BCUT2D eigenvalue weighted by atomic mass is 79.9. The summed E-state index contributed by atoms with van der Waals surface area (Å²) < 4.78 is 24.4. The molecule has 0 aliphatic carbocycles. The van der Waals surface area contributed by atoms with E-state index in [0.717, 1.165) is 7.11 Å². The highest BCUT2D eigenvalue weighted by Crippen LogP contribution is 2.35. The second-order valence-corrected chi connectivity index (χ2v) is 5.74. The number of esters is 2. The Morgan fingerprint density at radius 3 is 2.46 bits per heavy atom. The van der Waals surface area contributed by atoms with Crippen LogP contribution in [0.3, 0.4) is 0 Å². The number of anilines is 1. The Labute approximate surface area is 151 Å². The molecular formula is C16H12BrClFNO4. The zero-order chi connectivity index (χ0) is 17.9. The van der Waals surface area contributed by atoms with Gasteiger partial charge in [0, 0.05) is 10.7 Å². The first-order chi connectivity index (χ1) is 11.4. The van der Waals surface area contributed by atoms with Crippen molar-refractivity contribution < 1.29 is 23.5 Å². The van der Waals surface area contributed by atoms with Crippen molar-refractivity contribution >= 4 is 45.2 Å². The number of methoxy groups -OCH3 is 2. The number of carbonyl (C=O) groups excluding carboxylic acids is 2. The molecule has 8 heteroatoms. The summed E-state index contributed by atoms with van der Waals surface area (Å²) in [7, 11) is 2.34. The molecule has 1 aliphatic rings. The number of rotatable bonds is 3. The van der Waals surface area contributed by atoms with Crippen LogP contribution in [-0.4, -0.2) is 26.2 Å². The average Bonchev–Trinajstić information content (AvgIpc) is 2.81. The van der Waals surface area contributed by atoms with Crippen LogP contribution in [0.25, 0.3) is 0 Å². The van der Waals surface area contributed by atoms with Gasteiger partial charge in [0.1, 0.15) is 5.70 Å². The van der Waals surface area contributed by atoms with Crippen LogP contribution in [0.4, 0.5) is 10.1 Å². The molecule has 0 spiro atoms. The molecule has 0 saturated carbocycles. The Kier molecular flexibility index (Phi) is 5.80. The summed E-state index contributed by atoms with van der Waals surface area (Å²) in [6.07, 6.45) is 5.86. The second kappa shape index (κ2) is 7.63. The molecule has 0 amide bonds. The molecule has 1 aromatic rings. The van der Waals surface area contributed by atoms with Crippen LogP contribution in [0, 0.1) is 5.82 Å². The van der Waals surface area contributed by atoms with Crippen molar-refractivity contribution in [1.82, 2.24) is 0 Å². The van der Waals surface area contributed by atoms with Crippen molar-refractivity contribution in [2.45, 2.75) is 0 Å². The van der Waals surface area contributed by atoms with Crippen LogP contribution in [0.15, 0.2) is 52.3 Å². The van der Waals surface area contributed by atoms with Gasteiger partial charge in [-0.3, -0.25) is 0 Å². The Balaban J connectivity index is 2.73. The van der Waals surface area contributed by atoms with E-state index in [-0.39, 0.29) is 22.0 Å². The molecule has 0 unspecified atom stereocenters. The predicted octanol–water partition coefficient (Wildman–Crippen LogP) is 3.73. The SMILES string of the molecule is COC(=O)C1=C(C(=O)OC)N(c2ccc(Br)c(Cl)c2F)C=CC=C1. The van der Waals surface area contributed by atoms with E-state index in [1.807, 2.05) is 0 Å².